The van der Waals surface area contributed by atoms with Crippen LogP contribution in [0.15, 0.2) is 18.2 Å². The van der Waals surface area contributed by atoms with Crippen LogP contribution >= 0.6 is 0 Å². The zero-order chi connectivity index (χ0) is 13.3. The number of aromatic carboxylic acids is 1. The minimum atomic E-state index is -1.12. The molecule has 0 aliphatic heterocycles. The molecule has 5 nitrogen and oxygen atoms in total. The highest BCUT2D eigenvalue weighted by Crippen LogP contribution is 2.31. The van der Waals surface area contributed by atoms with Gasteiger partial charge in [-0.15, -0.1) is 0 Å². The number of benzene rings is 1. The Kier molecular flexibility index (Phi) is 3.01. The van der Waals surface area contributed by atoms with Crippen LogP contribution in [-0.4, -0.2) is 28.4 Å². The van der Waals surface area contributed by atoms with Crippen LogP contribution in [0.3, 0.4) is 0 Å². The summed E-state index contributed by atoms with van der Waals surface area (Å²) in [4.78, 5) is 10.7. The Morgan fingerprint density at radius 3 is 2.72 bits per heavy atom. The normalized spacial score (nSPS) is 10.4. The molecule has 2 N–H and O–H groups in total. The average Bonchev–Trinajstić information content (AvgIpc) is 2.81. The Balaban J connectivity index is 2.55. The molecule has 0 unspecified atom stereocenters. The van der Waals surface area contributed by atoms with Crippen molar-refractivity contribution in [3.63, 3.8) is 0 Å². The van der Waals surface area contributed by atoms with Crippen molar-refractivity contribution >= 4 is 5.97 Å². The average molecular weight is 250 g/mol. The van der Waals surface area contributed by atoms with Crippen molar-refractivity contribution in [1.82, 2.24) is 10.2 Å². The van der Waals surface area contributed by atoms with E-state index in [1.165, 1.54) is 19.2 Å². The Labute approximate surface area is 102 Å². The van der Waals surface area contributed by atoms with Gasteiger partial charge in [0.1, 0.15) is 17.3 Å². The number of nitrogens with one attached hydrogen (secondary N) is 1. The van der Waals surface area contributed by atoms with Crippen LogP contribution < -0.4 is 4.74 Å². The van der Waals surface area contributed by atoms with Crippen LogP contribution in [0, 0.1) is 12.7 Å². The number of halogens is 1. The molecule has 2 aromatic rings. The van der Waals surface area contributed by atoms with E-state index in [4.69, 9.17) is 9.84 Å². The number of aromatic amines is 1. The van der Waals surface area contributed by atoms with E-state index in [-0.39, 0.29) is 5.69 Å². The predicted molar refractivity (Wildman–Crippen MR) is 62.2 cm³/mol. The fraction of sp³-hybridized carbons (Fsp3) is 0.167. The number of ether oxygens (including phenoxy) is 1. The molecule has 0 spiro atoms. The van der Waals surface area contributed by atoms with Gasteiger partial charge >= 0.3 is 5.97 Å². The molecule has 18 heavy (non-hydrogen) atoms. The molecule has 0 aliphatic carbocycles. The van der Waals surface area contributed by atoms with Crippen molar-refractivity contribution in [3.05, 3.63) is 35.3 Å². The van der Waals surface area contributed by atoms with Crippen LogP contribution in [0.25, 0.3) is 11.3 Å². The van der Waals surface area contributed by atoms with Gasteiger partial charge in [0.2, 0.25) is 0 Å². The maximum Gasteiger partial charge on any atom is 0.353 e. The van der Waals surface area contributed by atoms with Crippen molar-refractivity contribution in [2.45, 2.75) is 6.92 Å². The molecule has 0 saturated carbocycles. The van der Waals surface area contributed by atoms with E-state index in [0.717, 1.165) is 0 Å². The maximum atomic E-state index is 13.5. The molecule has 2 rings (SSSR count). The first-order valence-electron chi connectivity index (χ1n) is 5.16. The summed E-state index contributed by atoms with van der Waals surface area (Å²) in [6.45, 7) is 1.62. The number of hydrogen-bond acceptors (Lipinski definition) is 3. The van der Waals surface area contributed by atoms with Crippen molar-refractivity contribution in [3.8, 4) is 17.0 Å². The van der Waals surface area contributed by atoms with Crippen molar-refractivity contribution in [2.24, 2.45) is 0 Å². The monoisotopic (exact) mass is 250 g/mol. The zero-order valence-corrected chi connectivity index (χ0v) is 9.82. The third-order valence-corrected chi connectivity index (χ3v) is 2.56. The number of carbonyl (C=O) groups is 1. The van der Waals surface area contributed by atoms with Crippen LogP contribution in [0.5, 0.6) is 5.75 Å². The van der Waals surface area contributed by atoms with Gasteiger partial charge in [-0.2, -0.15) is 5.10 Å². The minimum Gasteiger partial charge on any atom is -0.496 e. The second kappa shape index (κ2) is 4.48. The number of H-pyrrole nitrogens is 1. The van der Waals surface area contributed by atoms with Gasteiger partial charge in [-0.05, 0) is 30.7 Å². The molecule has 0 amide bonds. The van der Waals surface area contributed by atoms with E-state index in [1.807, 2.05) is 0 Å². The maximum absolute atomic E-state index is 13.5. The highest BCUT2D eigenvalue weighted by atomic mass is 19.1. The molecule has 0 aliphatic rings. The van der Waals surface area contributed by atoms with Gasteiger partial charge in [0.05, 0.1) is 12.8 Å². The number of methoxy groups -OCH3 is 1. The highest BCUT2D eigenvalue weighted by Gasteiger charge is 2.15. The first-order chi connectivity index (χ1) is 8.52. The molecule has 0 bridgehead atoms. The first-order valence-corrected chi connectivity index (χ1v) is 5.16. The van der Waals surface area contributed by atoms with Crippen LogP contribution in [0.1, 0.15) is 16.1 Å². The summed E-state index contributed by atoms with van der Waals surface area (Å²) in [7, 11) is 1.46. The highest BCUT2D eigenvalue weighted by molar-refractivity contribution is 5.87. The molecular weight excluding hydrogens is 239 g/mol. The van der Waals surface area contributed by atoms with Gasteiger partial charge in [-0.1, -0.05) is 0 Å². The summed E-state index contributed by atoms with van der Waals surface area (Å²) in [6.07, 6.45) is 0. The third-order valence-electron chi connectivity index (χ3n) is 2.56. The molecule has 0 fully saturated rings. The van der Waals surface area contributed by atoms with E-state index >= 15 is 0 Å². The van der Waals surface area contributed by atoms with Gasteiger partial charge in [0.15, 0.2) is 0 Å². The molecule has 0 saturated heterocycles. The van der Waals surface area contributed by atoms with E-state index in [0.29, 0.717) is 22.6 Å². The number of hydrogen-bond donors (Lipinski definition) is 2. The number of aromatic nitrogens is 2. The van der Waals surface area contributed by atoms with E-state index < -0.39 is 11.8 Å². The lowest BCUT2D eigenvalue weighted by molar-refractivity contribution is 0.0690. The smallest absolute Gasteiger partial charge is 0.353 e. The van der Waals surface area contributed by atoms with Crippen molar-refractivity contribution in [2.75, 3.05) is 7.11 Å². The summed E-state index contributed by atoms with van der Waals surface area (Å²) >= 11 is 0. The lowest BCUT2D eigenvalue weighted by Gasteiger charge is -2.08. The number of nitrogens with zero attached hydrogens (tertiary/aromatic N) is 1. The van der Waals surface area contributed by atoms with Crippen LogP contribution in [0.4, 0.5) is 4.39 Å². The topological polar surface area (TPSA) is 75.2 Å². The molecule has 0 radical (unpaired) electrons. The Morgan fingerprint density at radius 1 is 1.44 bits per heavy atom. The van der Waals surface area contributed by atoms with Gasteiger partial charge in [0.25, 0.3) is 0 Å². The second-order valence-electron chi connectivity index (χ2n) is 3.77. The van der Waals surface area contributed by atoms with Gasteiger partial charge < -0.3 is 9.84 Å². The number of carboxylic acid groups (broad SMARTS) is 1. The largest absolute Gasteiger partial charge is 0.496 e. The molecular formula is C12H11FN2O3. The van der Waals surface area contributed by atoms with E-state index in [9.17, 15) is 9.18 Å². The number of rotatable bonds is 3. The quantitative estimate of drug-likeness (QED) is 0.875. The Morgan fingerprint density at radius 2 is 2.17 bits per heavy atom. The summed E-state index contributed by atoms with van der Waals surface area (Å²) < 4.78 is 18.7. The van der Waals surface area contributed by atoms with Gasteiger partial charge in [-0.25, -0.2) is 9.18 Å². The Bertz CT molecular complexity index is 607. The summed E-state index contributed by atoms with van der Waals surface area (Å²) in [5.74, 6) is -1.08. The third kappa shape index (κ3) is 2.04. The SMILES string of the molecule is COc1cc(C)c(F)cc1-c1cc(C(=O)O)[nH]n1. The lowest BCUT2D eigenvalue weighted by atomic mass is 10.1. The fourth-order valence-electron chi connectivity index (χ4n) is 1.59. The Hall–Kier alpha value is -2.37. The van der Waals surface area contributed by atoms with Gasteiger partial charge in [-0.3, -0.25) is 5.10 Å². The summed E-state index contributed by atoms with van der Waals surface area (Å²) in [5, 5.41) is 15.0. The first kappa shape index (κ1) is 12.1. The molecule has 94 valence electrons. The van der Waals surface area contributed by atoms with Crippen molar-refractivity contribution < 1.29 is 19.0 Å². The van der Waals surface area contributed by atoms with E-state index in [1.54, 1.807) is 13.0 Å². The predicted octanol–water partition coefficient (Wildman–Crippen LogP) is 2.23. The van der Waals surface area contributed by atoms with Crippen LogP contribution in [0.2, 0.25) is 0 Å². The molecule has 6 heteroatoms. The number of aryl methyl sites for hydroxylation is 1. The molecule has 1 aromatic carbocycles. The summed E-state index contributed by atoms with van der Waals surface area (Å²) in [6, 6.07) is 4.14. The van der Waals surface area contributed by atoms with Gasteiger partial charge in [0, 0.05) is 5.56 Å². The molecule has 0 atom stereocenters. The summed E-state index contributed by atoms with van der Waals surface area (Å²) in [5.41, 5.74) is 1.12. The zero-order valence-electron chi connectivity index (χ0n) is 9.82. The lowest BCUT2D eigenvalue weighted by Crippen LogP contribution is -1.95. The van der Waals surface area contributed by atoms with E-state index in [2.05, 4.69) is 10.2 Å². The number of carboxylic acids is 1. The van der Waals surface area contributed by atoms with Crippen LogP contribution in [-0.2, 0) is 0 Å². The molecule has 1 heterocycles. The minimum absolute atomic E-state index is 0.0620. The molecule has 1 aromatic heterocycles. The van der Waals surface area contributed by atoms with Crippen molar-refractivity contribution in [1.29, 1.82) is 0 Å². The second-order valence-corrected chi connectivity index (χ2v) is 3.77. The fourth-order valence-corrected chi connectivity index (χ4v) is 1.59. The standard InChI is InChI=1S/C12H11FN2O3/c1-6-3-11(18-2)7(4-8(6)13)9-5-10(12(16)17)15-14-9/h3-5H,1-2H3,(H,14,15)(H,16,17).